The smallest absolute Gasteiger partial charge is 0.270 e. The largest absolute Gasteiger partial charge is 0.352 e. The lowest BCUT2D eigenvalue weighted by atomic mass is 10.0. The van der Waals surface area contributed by atoms with Crippen LogP contribution in [0.2, 0.25) is 0 Å². The minimum absolute atomic E-state index is 0.00866. The first kappa shape index (κ1) is 19.0. The Balaban J connectivity index is 1.82. The maximum Gasteiger partial charge on any atom is 0.270 e. The molecule has 140 valence electrons. The summed E-state index contributed by atoms with van der Waals surface area (Å²) in [6.07, 6.45) is 2.41. The highest BCUT2D eigenvalue weighted by molar-refractivity contribution is 6.24. The lowest BCUT2D eigenvalue weighted by molar-refractivity contribution is -0.384. The number of rotatable bonds is 7. The molecular formula is C23H20N2O3. The van der Waals surface area contributed by atoms with Gasteiger partial charge in [0.2, 0.25) is 0 Å². The zero-order valence-corrected chi connectivity index (χ0v) is 15.2. The van der Waals surface area contributed by atoms with Gasteiger partial charge in [0.1, 0.15) is 0 Å². The van der Waals surface area contributed by atoms with Crippen LogP contribution in [0.3, 0.4) is 0 Å². The summed E-state index contributed by atoms with van der Waals surface area (Å²) in [6.45, 7) is 0.502. The van der Waals surface area contributed by atoms with Gasteiger partial charge in [-0.3, -0.25) is 14.9 Å². The normalized spacial score (nSPS) is 11.1. The third-order valence-electron chi connectivity index (χ3n) is 4.26. The van der Waals surface area contributed by atoms with Crippen LogP contribution in [0.4, 0.5) is 5.69 Å². The standard InChI is InChI=1S/C23H20N2O3/c26-23(24-15-14-18-8-3-1-4-9-18)22(20-11-5-2-6-12-20)17-19-10-7-13-21(16-19)25(27)28/h1-13,16-17H,14-15H2,(H,24,26)/b22-17+. The lowest BCUT2D eigenvalue weighted by Crippen LogP contribution is -2.26. The molecule has 0 saturated carbocycles. The van der Waals surface area contributed by atoms with Gasteiger partial charge in [0.25, 0.3) is 11.6 Å². The molecule has 0 unspecified atom stereocenters. The third kappa shape index (κ3) is 5.14. The maximum absolute atomic E-state index is 12.8. The molecule has 5 heteroatoms. The fourth-order valence-electron chi connectivity index (χ4n) is 2.85. The van der Waals surface area contributed by atoms with E-state index in [0.29, 0.717) is 17.7 Å². The van der Waals surface area contributed by atoms with Crippen molar-refractivity contribution in [2.24, 2.45) is 0 Å². The molecule has 0 heterocycles. The number of nitrogens with zero attached hydrogens (tertiary/aromatic N) is 1. The van der Waals surface area contributed by atoms with E-state index in [9.17, 15) is 14.9 Å². The Morgan fingerprint density at radius 1 is 0.929 bits per heavy atom. The van der Waals surface area contributed by atoms with E-state index in [1.165, 1.54) is 12.1 Å². The molecule has 0 spiro atoms. The van der Waals surface area contributed by atoms with Crippen LogP contribution >= 0.6 is 0 Å². The van der Waals surface area contributed by atoms with E-state index >= 15 is 0 Å². The monoisotopic (exact) mass is 372 g/mol. The highest BCUT2D eigenvalue weighted by Crippen LogP contribution is 2.21. The van der Waals surface area contributed by atoms with Crippen LogP contribution in [0.25, 0.3) is 11.6 Å². The number of benzene rings is 3. The van der Waals surface area contributed by atoms with Gasteiger partial charge in [-0.2, -0.15) is 0 Å². The van der Waals surface area contributed by atoms with Crippen LogP contribution in [-0.4, -0.2) is 17.4 Å². The fourth-order valence-corrected chi connectivity index (χ4v) is 2.85. The first-order valence-electron chi connectivity index (χ1n) is 8.97. The molecule has 0 aliphatic rings. The zero-order chi connectivity index (χ0) is 19.8. The molecule has 0 aliphatic carbocycles. The van der Waals surface area contributed by atoms with Gasteiger partial charge in [-0.1, -0.05) is 72.8 Å². The average molecular weight is 372 g/mol. The number of carbonyl (C=O) groups is 1. The van der Waals surface area contributed by atoms with Crippen LogP contribution in [0.5, 0.6) is 0 Å². The highest BCUT2D eigenvalue weighted by Gasteiger charge is 2.13. The molecular weight excluding hydrogens is 352 g/mol. The van der Waals surface area contributed by atoms with Crippen molar-refractivity contribution in [3.05, 3.63) is 112 Å². The van der Waals surface area contributed by atoms with E-state index in [1.54, 1.807) is 18.2 Å². The van der Waals surface area contributed by atoms with Crippen LogP contribution < -0.4 is 5.32 Å². The van der Waals surface area contributed by atoms with E-state index < -0.39 is 4.92 Å². The first-order chi connectivity index (χ1) is 13.6. The van der Waals surface area contributed by atoms with Gasteiger partial charge < -0.3 is 5.32 Å². The van der Waals surface area contributed by atoms with Gasteiger partial charge in [0.05, 0.1) is 4.92 Å². The Bertz CT molecular complexity index is 983. The summed E-state index contributed by atoms with van der Waals surface area (Å²) in [6, 6.07) is 25.4. The van der Waals surface area contributed by atoms with Crippen LogP contribution in [0.15, 0.2) is 84.9 Å². The number of carbonyl (C=O) groups excluding carboxylic acids is 1. The second kappa shape index (κ2) is 9.28. The van der Waals surface area contributed by atoms with Crippen LogP contribution in [-0.2, 0) is 11.2 Å². The highest BCUT2D eigenvalue weighted by atomic mass is 16.6. The molecule has 0 aliphatic heterocycles. The van der Waals surface area contributed by atoms with Gasteiger partial charge in [-0.05, 0) is 29.2 Å². The minimum Gasteiger partial charge on any atom is -0.352 e. The quantitative estimate of drug-likeness (QED) is 0.287. The lowest BCUT2D eigenvalue weighted by Gasteiger charge is -2.10. The summed E-state index contributed by atoms with van der Waals surface area (Å²) in [5.41, 5.74) is 2.96. The summed E-state index contributed by atoms with van der Waals surface area (Å²) in [7, 11) is 0. The Labute approximate surface area is 163 Å². The SMILES string of the molecule is O=C(NCCc1ccccc1)/C(=C/c1cccc([N+](=O)[O-])c1)c1ccccc1. The molecule has 0 bridgehead atoms. The average Bonchev–Trinajstić information content (AvgIpc) is 2.73. The second-order valence-corrected chi connectivity index (χ2v) is 6.27. The summed E-state index contributed by atoms with van der Waals surface area (Å²) >= 11 is 0. The Hall–Kier alpha value is -3.73. The molecule has 5 nitrogen and oxygen atoms in total. The van der Waals surface area contributed by atoms with E-state index in [4.69, 9.17) is 0 Å². The number of non-ortho nitro benzene ring substituents is 1. The molecule has 28 heavy (non-hydrogen) atoms. The number of nitro benzene ring substituents is 1. The molecule has 1 N–H and O–H groups in total. The van der Waals surface area contributed by atoms with E-state index in [0.717, 1.165) is 17.5 Å². The van der Waals surface area contributed by atoms with Crippen molar-refractivity contribution in [2.75, 3.05) is 6.54 Å². The van der Waals surface area contributed by atoms with Gasteiger partial charge in [-0.15, -0.1) is 0 Å². The van der Waals surface area contributed by atoms with E-state index in [1.807, 2.05) is 60.7 Å². The Kier molecular flexibility index (Phi) is 6.31. The van der Waals surface area contributed by atoms with Crippen molar-refractivity contribution in [2.45, 2.75) is 6.42 Å². The first-order valence-corrected chi connectivity index (χ1v) is 8.97. The Morgan fingerprint density at radius 3 is 2.29 bits per heavy atom. The summed E-state index contributed by atoms with van der Waals surface area (Å²) in [5.74, 6) is -0.214. The number of nitro groups is 1. The van der Waals surface area contributed by atoms with Crippen molar-refractivity contribution in [1.29, 1.82) is 0 Å². The number of amides is 1. The van der Waals surface area contributed by atoms with Crippen molar-refractivity contribution < 1.29 is 9.72 Å². The van der Waals surface area contributed by atoms with Crippen molar-refractivity contribution in [3.63, 3.8) is 0 Å². The van der Waals surface area contributed by atoms with Gasteiger partial charge in [0.15, 0.2) is 0 Å². The predicted molar refractivity (Wildman–Crippen MR) is 111 cm³/mol. The molecule has 3 aromatic carbocycles. The van der Waals surface area contributed by atoms with E-state index in [-0.39, 0.29) is 11.6 Å². The van der Waals surface area contributed by atoms with Gasteiger partial charge >= 0.3 is 0 Å². The molecule has 3 rings (SSSR count). The summed E-state index contributed by atoms with van der Waals surface area (Å²) < 4.78 is 0. The molecule has 0 radical (unpaired) electrons. The number of hydrogen-bond donors (Lipinski definition) is 1. The maximum atomic E-state index is 12.8. The molecule has 0 saturated heterocycles. The van der Waals surface area contributed by atoms with Crippen molar-refractivity contribution in [3.8, 4) is 0 Å². The fraction of sp³-hybridized carbons (Fsp3) is 0.0870. The third-order valence-corrected chi connectivity index (χ3v) is 4.26. The number of hydrogen-bond acceptors (Lipinski definition) is 3. The van der Waals surface area contributed by atoms with Crippen LogP contribution in [0, 0.1) is 10.1 Å². The molecule has 0 aromatic heterocycles. The molecule has 3 aromatic rings. The minimum atomic E-state index is -0.445. The van der Waals surface area contributed by atoms with E-state index in [2.05, 4.69) is 5.32 Å². The van der Waals surface area contributed by atoms with Gasteiger partial charge in [-0.25, -0.2) is 0 Å². The van der Waals surface area contributed by atoms with Gasteiger partial charge in [0, 0.05) is 24.3 Å². The Morgan fingerprint density at radius 2 is 1.61 bits per heavy atom. The van der Waals surface area contributed by atoms with Crippen molar-refractivity contribution >= 4 is 23.2 Å². The summed E-state index contributed by atoms with van der Waals surface area (Å²) in [4.78, 5) is 23.4. The van der Waals surface area contributed by atoms with Crippen molar-refractivity contribution in [1.82, 2.24) is 5.32 Å². The molecule has 1 amide bonds. The zero-order valence-electron chi connectivity index (χ0n) is 15.2. The molecule has 0 atom stereocenters. The predicted octanol–water partition coefficient (Wildman–Crippen LogP) is 4.49. The second-order valence-electron chi connectivity index (χ2n) is 6.27. The topological polar surface area (TPSA) is 72.2 Å². The summed E-state index contributed by atoms with van der Waals surface area (Å²) in [5, 5.41) is 14.0. The van der Waals surface area contributed by atoms with Crippen LogP contribution in [0.1, 0.15) is 16.7 Å². The molecule has 0 fully saturated rings. The number of nitrogens with one attached hydrogen (secondary N) is 1.